The molecule has 6 heteroatoms. The Morgan fingerprint density at radius 2 is 1.73 bits per heavy atom. The van der Waals surface area contributed by atoms with Crippen molar-refractivity contribution in [2.24, 2.45) is 5.92 Å². The summed E-state index contributed by atoms with van der Waals surface area (Å²) in [5.74, 6) is 1.01. The number of piperidine rings is 1. The van der Waals surface area contributed by atoms with Crippen molar-refractivity contribution in [2.45, 2.75) is 45.1 Å². The van der Waals surface area contributed by atoms with Crippen molar-refractivity contribution in [3.63, 3.8) is 0 Å². The van der Waals surface area contributed by atoms with E-state index in [0.29, 0.717) is 30.1 Å². The average Bonchev–Trinajstić information content (AvgIpc) is 2.67. The van der Waals surface area contributed by atoms with Crippen LogP contribution in [0.5, 0.6) is 17.2 Å². The zero-order valence-electron chi connectivity index (χ0n) is 16.3. The van der Waals surface area contributed by atoms with Gasteiger partial charge in [0.05, 0.1) is 27.2 Å². The van der Waals surface area contributed by atoms with E-state index in [9.17, 15) is 9.90 Å². The largest absolute Gasteiger partial charge is 0.493 e. The number of hydrogen-bond donors (Lipinski definition) is 1. The van der Waals surface area contributed by atoms with Gasteiger partial charge in [0.15, 0.2) is 11.5 Å². The predicted molar refractivity (Wildman–Crippen MR) is 100 cm³/mol. The smallest absolute Gasteiger partial charge is 0.306 e. The molecule has 1 saturated heterocycles. The Morgan fingerprint density at radius 3 is 2.15 bits per heavy atom. The van der Waals surface area contributed by atoms with Crippen LogP contribution in [0.25, 0.3) is 0 Å². The molecule has 1 fully saturated rings. The fraction of sp³-hybridized carbons (Fsp3) is 0.650. The number of rotatable bonds is 9. The van der Waals surface area contributed by atoms with Gasteiger partial charge in [-0.3, -0.25) is 9.69 Å². The minimum atomic E-state index is -0.678. The number of carbonyl (C=O) groups is 1. The number of carboxylic acid groups (broad SMARTS) is 1. The van der Waals surface area contributed by atoms with Gasteiger partial charge in [0.25, 0.3) is 0 Å². The maximum atomic E-state index is 11.2. The molecule has 0 aromatic heterocycles. The second-order valence-corrected chi connectivity index (χ2v) is 6.77. The van der Waals surface area contributed by atoms with E-state index in [1.165, 1.54) is 0 Å². The summed E-state index contributed by atoms with van der Waals surface area (Å²) in [7, 11) is 4.85. The summed E-state index contributed by atoms with van der Waals surface area (Å²) < 4.78 is 16.4. The molecule has 1 unspecified atom stereocenters. The molecule has 1 aromatic rings. The summed E-state index contributed by atoms with van der Waals surface area (Å²) in [6.45, 7) is 3.77. The van der Waals surface area contributed by atoms with Gasteiger partial charge in [0.1, 0.15) is 0 Å². The molecule has 1 aliphatic heterocycles. The SMILES string of the molecule is CCCCC(c1cc(OC)c(OC)c(OC)c1)N1CCC(C(=O)O)CC1. The topological polar surface area (TPSA) is 68.2 Å². The zero-order chi connectivity index (χ0) is 19.1. The Labute approximate surface area is 156 Å². The van der Waals surface area contributed by atoms with E-state index in [0.717, 1.165) is 37.9 Å². The number of ether oxygens (including phenoxy) is 3. The standard InChI is InChI=1S/C20H31NO5/c1-5-6-7-16(21-10-8-14(9-11-21)20(22)23)15-12-17(24-2)19(26-4)18(13-15)25-3/h12-14,16H,5-11H2,1-4H3,(H,22,23). The quantitative estimate of drug-likeness (QED) is 0.719. The average molecular weight is 365 g/mol. The number of benzene rings is 1. The van der Waals surface area contributed by atoms with E-state index in [4.69, 9.17) is 14.2 Å². The molecule has 1 N–H and O–H groups in total. The molecule has 1 heterocycles. The minimum Gasteiger partial charge on any atom is -0.493 e. The molecule has 0 amide bonds. The summed E-state index contributed by atoms with van der Waals surface area (Å²) in [6, 6.07) is 4.26. The van der Waals surface area contributed by atoms with E-state index in [2.05, 4.69) is 11.8 Å². The van der Waals surface area contributed by atoms with Crippen LogP contribution in [-0.2, 0) is 4.79 Å². The lowest BCUT2D eigenvalue weighted by molar-refractivity contribution is -0.143. The number of methoxy groups -OCH3 is 3. The molecule has 1 aromatic carbocycles. The van der Waals surface area contributed by atoms with Crippen molar-refractivity contribution < 1.29 is 24.1 Å². The molecule has 26 heavy (non-hydrogen) atoms. The summed E-state index contributed by atoms with van der Waals surface area (Å²) in [5.41, 5.74) is 1.13. The number of likely N-dealkylation sites (tertiary alicyclic amines) is 1. The summed E-state index contributed by atoms with van der Waals surface area (Å²) >= 11 is 0. The maximum absolute atomic E-state index is 11.2. The van der Waals surface area contributed by atoms with Crippen LogP contribution in [0.4, 0.5) is 0 Å². The monoisotopic (exact) mass is 365 g/mol. The number of aliphatic carboxylic acids is 1. The first-order chi connectivity index (χ1) is 12.5. The van der Waals surface area contributed by atoms with Crippen LogP contribution < -0.4 is 14.2 Å². The van der Waals surface area contributed by atoms with Gasteiger partial charge in [-0.25, -0.2) is 0 Å². The molecule has 1 aliphatic rings. The Bertz CT molecular complexity index is 571. The highest BCUT2D eigenvalue weighted by Gasteiger charge is 2.30. The van der Waals surface area contributed by atoms with Crippen molar-refractivity contribution in [2.75, 3.05) is 34.4 Å². The maximum Gasteiger partial charge on any atom is 0.306 e. The third-order valence-corrected chi connectivity index (χ3v) is 5.22. The van der Waals surface area contributed by atoms with Gasteiger partial charge >= 0.3 is 5.97 Å². The van der Waals surface area contributed by atoms with Crippen LogP contribution in [-0.4, -0.2) is 50.4 Å². The molecule has 0 saturated carbocycles. The highest BCUT2D eigenvalue weighted by molar-refractivity contribution is 5.70. The van der Waals surface area contributed by atoms with Gasteiger partial charge in [-0.15, -0.1) is 0 Å². The van der Waals surface area contributed by atoms with Crippen LogP contribution in [0.15, 0.2) is 12.1 Å². The third kappa shape index (κ3) is 4.61. The number of unbranched alkanes of at least 4 members (excludes halogenated alkanes) is 1. The second-order valence-electron chi connectivity index (χ2n) is 6.77. The lowest BCUT2D eigenvalue weighted by atomic mass is 9.92. The van der Waals surface area contributed by atoms with Gasteiger partial charge in [0.2, 0.25) is 5.75 Å². The van der Waals surface area contributed by atoms with Gasteiger partial charge in [-0.2, -0.15) is 0 Å². The summed E-state index contributed by atoms with van der Waals surface area (Å²) in [6.07, 6.45) is 4.64. The molecular formula is C20H31NO5. The third-order valence-electron chi connectivity index (χ3n) is 5.22. The molecule has 0 aliphatic carbocycles. The first kappa shape index (κ1) is 20.4. The van der Waals surface area contributed by atoms with Gasteiger partial charge in [-0.05, 0) is 50.0 Å². The number of hydrogen-bond acceptors (Lipinski definition) is 5. The van der Waals surface area contributed by atoms with E-state index in [1.807, 2.05) is 12.1 Å². The Balaban J connectivity index is 2.30. The van der Waals surface area contributed by atoms with Crippen LogP contribution in [0.3, 0.4) is 0 Å². The highest BCUT2D eigenvalue weighted by Crippen LogP contribution is 2.42. The van der Waals surface area contributed by atoms with E-state index < -0.39 is 5.97 Å². The normalized spacial score (nSPS) is 16.9. The Hall–Kier alpha value is -1.95. The molecule has 146 valence electrons. The summed E-state index contributed by atoms with van der Waals surface area (Å²) in [4.78, 5) is 13.6. The molecule has 0 spiro atoms. The van der Waals surface area contributed by atoms with E-state index in [-0.39, 0.29) is 12.0 Å². The number of carboxylic acids is 1. The second kappa shape index (κ2) is 9.67. The lowest BCUT2D eigenvalue weighted by Crippen LogP contribution is -2.38. The first-order valence-electron chi connectivity index (χ1n) is 9.32. The Morgan fingerprint density at radius 1 is 1.15 bits per heavy atom. The fourth-order valence-corrected chi connectivity index (χ4v) is 3.71. The van der Waals surface area contributed by atoms with Gasteiger partial charge in [0, 0.05) is 6.04 Å². The summed E-state index contributed by atoms with van der Waals surface area (Å²) in [5, 5.41) is 9.25. The van der Waals surface area contributed by atoms with Gasteiger partial charge in [-0.1, -0.05) is 19.8 Å². The first-order valence-corrected chi connectivity index (χ1v) is 9.32. The number of nitrogens with zero attached hydrogens (tertiary/aromatic N) is 1. The van der Waals surface area contributed by atoms with Crippen molar-refractivity contribution in [3.8, 4) is 17.2 Å². The molecule has 0 radical (unpaired) electrons. The van der Waals surface area contributed by atoms with E-state index in [1.54, 1.807) is 21.3 Å². The zero-order valence-corrected chi connectivity index (χ0v) is 16.3. The predicted octanol–water partition coefficient (Wildman–Crippen LogP) is 3.74. The van der Waals surface area contributed by atoms with Crippen LogP contribution in [0.2, 0.25) is 0 Å². The molecule has 1 atom stereocenters. The lowest BCUT2D eigenvalue weighted by Gasteiger charge is -2.37. The highest BCUT2D eigenvalue weighted by atomic mass is 16.5. The molecular weight excluding hydrogens is 334 g/mol. The Kier molecular flexibility index (Phi) is 7.57. The van der Waals surface area contributed by atoms with E-state index >= 15 is 0 Å². The van der Waals surface area contributed by atoms with Crippen molar-refractivity contribution in [1.82, 2.24) is 4.90 Å². The van der Waals surface area contributed by atoms with Crippen LogP contribution in [0, 0.1) is 5.92 Å². The van der Waals surface area contributed by atoms with Gasteiger partial charge < -0.3 is 19.3 Å². The van der Waals surface area contributed by atoms with Crippen LogP contribution in [0.1, 0.15) is 50.6 Å². The molecule has 0 bridgehead atoms. The van der Waals surface area contributed by atoms with Crippen LogP contribution >= 0.6 is 0 Å². The van der Waals surface area contributed by atoms with Crippen molar-refractivity contribution >= 4 is 5.97 Å². The van der Waals surface area contributed by atoms with Crippen molar-refractivity contribution in [3.05, 3.63) is 17.7 Å². The fourth-order valence-electron chi connectivity index (χ4n) is 3.71. The van der Waals surface area contributed by atoms with Crippen molar-refractivity contribution in [1.29, 1.82) is 0 Å². The molecule has 6 nitrogen and oxygen atoms in total. The minimum absolute atomic E-state index is 0.221. The molecule has 2 rings (SSSR count).